The molecule has 0 aliphatic rings. The topological polar surface area (TPSA) is 29.5 Å². The van der Waals surface area contributed by atoms with E-state index in [0.29, 0.717) is 15.8 Å². The Morgan fingerprint density at radius 2 is 2.15 bits per heavy atom. The first kappa shape index (κ1) is 10.6. The van der Waals surface area contributed by atoms with E-state index in [4.69, 9.17) is 33.0 Å². The van der Waals surface area contributed by atoms with Gasteiger partial charge in [0.2, 0.25) is 0 Å². The number of aliphatic hydroxyl groups excluding tert-OH is 1. The van der Waals surface area contributed by atoms with Gasteiger partial charge in [-0.15, -0.1) is 0 Å². The lowest BCUT2D eigenvalue weighted by Crippen LogP contribution is -2.13. The molecule has 0 saturated heterocycles. The molecule has 0 saturated carbocycles. The molecule has 0 spiro atoms. The van der Waals surface area contributed by atoms with Gasteiger partial charge in [0.1, 0.15) is 12.4 Å². The van der Waals surface area contributed by atoms with Gasteiger partial charge in [0, 0.05) is 5.02 Å². The predicted molar refractivity (Wildman–Crippen MR) is 53.3 cm³/mol. The molecule has 0 bridgehead atoms. The van der Waals surface area contributed by atoms with Gasteiger partial charge in [-0.1, -0.05) is 23.2 Å². The van der Waals surface area contributed by atoms with Crippen molar-refractivity contribution in [2.75, 3.05) is 6.61 Å². The minimum absolute atomic E-state index is 0.112. The molecule has 1 radical (unpaired) electrons. The summed E-state index contributed by atoms with van der Waals surface area (Å²) in [4.78, 5) is 0. The maximum atomic E-state index is 8.85. The Morgan fingerprint density at radius 3 is 2.69 bits per heavy atom. The zero-order chi connectivity index (χ0) is 9.84. The zero-order valence-corrected chi connectivity index (χ0v) is 8.35. The summed E-state index contributed by atoms with van der Waals surface area (Å²) in [6, 6.07) is 4.89. The number of rotatable bonds is 3. The van der Waals surface area contributed by atoms with Crippen molar-refractivity contribution in [1.82, 2.24) is 0 Å². The fourth-order valence-electron chi connectivity index (χ4n) is 0.778. The van der Waals surface area contributed by atoms with Gasteiger partial charge in [0.15, 0.2) is 0 Å². The van der Waals surface area contributed by atoms with Gasteiger partial charge in [-0.2, -0.15) is 0 Å². The summed E-state index contributed by atoms with van der Waals surface area (Å²) in [5, 5.41) is 9.83. The summed E-state index contributed by atoms with van der Waals surface area (Å²) in [6.07, 6.45) is -0.758. The molecule has 0 fully saturated rings. The van der Waals surface area contributed by atoms with Crippen LogP contribution < -0.4 is 4.74 Å². The Kier molecular flexibility index (Phi) is 3.85. The molecule has 0 aliphatic carbocycles. The maximum absolute atomic E-state index is 8.85. The fourth-order valence-corrected chi connectivity index (χ4v) is 1.24. The van der Waals surface area contributed by atoms with E-state index in [9.17, 15) is 0 Å². The minimum atomic E-state index is -0.758. The number of hydrogen-bond acceptors (Lipinski definition) is 2. The molecule has 0 aliphatic heterocycles. The SMILES string of the molecule is [CH2]C(O)COc1ccc(Cl)cc1Cl. The van der Waals surface area contributed by atoms with Crippen LogP contribution in [0.1, 0.15) is 0 Å². The highest BCUT2D eigenvalue weighted by Gasteiger charge is 2.03. The lowest BCUT2D eigenvalue weighted by Gasteiger charge is -2.09. The average Bonchev–Trinajstić information content (AvgIpc) is 2.02. The minimum Gasteiger partial charge on any atom is -0.489 e. The van der Waals surface area contributed by atoms with Gasteiger partial charge in [0.25, 0.3) is 0 Å². The fraction of sp³-hybridized carbons (Fsp3) is 0.222. The standard InChI is InChI=1S/C9H9Cl2O2/c1-6(12)5-13-9-3-2-7(10)4-8(9)11/h2-4,6,12H,1,5H2. The average molecular weight is 220 g/mol. The van der Waals surface area contributed by atoms with Crippen molar-refractivity contribution in [3.63, 3.8) is 0 Å². The molecule has 1 unspecified atom stereocenters. The van der Waals surface area contributed by atoms with Gasteiger partial charge in [0.05, 0.1) is 11.1 Å². The smallest absolute Gasteiger partial charge is 0.138 e. The van der Waals surface area contributed by atoms with E-state index in [-0.39, 0.29) is 6.61 Å². The van der Waals surface area contributed by atoms with Crippen LogP contribution in [0.3, 0.4) is 0 Å². The lowest BCUT2D eigenvalue weighted by atomic mass is 10.3. The van der Waals surface area contributed by atoms with E-state index in [0.717, 1.165) is 0 Å². The summed E-state index contributed by atoms with van der Waals surface area (Å²) >= 11 is 11.5. The first-order chi connectivity index (χ1) is 6.09. The number of benzene rings is 1. The molecule has 1 atom stereocenters. The van der Waals surface area contributed by atoms with E-state index in [1.807, 2.05) is 0 Å². The van der Waals surface area contributed by atoms with Crippen molar-refractivity contribution >= 4 is 23.2 Å². The summed E-state index contributed by atoms with van der Waals surface area (Å²) in [6.45, 7) is 3.47. The van der Waals surface area contributed by atoms with Crippen LogP contribution in [0.15, 0.2) is 18.2 Å². The molecule has 71 valence electrons. The van der Waals surface area contributed by atoms with Crippen molar-refractivity contribution in [3.8, 4) is 5.75 Å². The predicted octanol–water partition coefficient (Wildman–Crippen LogP) is 2.57. The largest absolute Gasteiger partial charge is 0.489 e. The van der Waals surface area contributed by atoms with Crippen molar-refractivity contribution < 1.29 is 9.84 Å². The van der Waals surface area contributed by atoms with Crippen LogP contribution in [0.25, 0.3) is 0 Å². The molecular weight excluding hydrogens is 211 g/mol. The zero-order valence-electron chi connectivity index (χ0n) is 6.84. The lowest BCUT2D eigenvalue weighted by molar-refractivity contribution is 0.142. The van der Waals surface area contributed by atoms with E-state index in [1.54, 1.807) is 18.2 Å². The second-order valence-electron chi connectivity index (χ2n) is 2.54. The number of ether oxygens (including phenoxy) is 1. The van der Waals surface area contributed by atoms with Crippen LogP contribution in [0.2, 0.25) is 10.0 Å². The molecule has 1 rings (SSSR count). The second kappa shape index (κ2) is 4.70. The highest BCUT2D eigenvalue weighted by atomic mass is 35.5. The Hall–Kier alpha value is -0.440. The first-order valence-corrected chi connectivity index (χ1v) is 4.44. The molecular formula is C9H9Cl2O2. The molecule has 1 aromatic rings. The van der Waals surface area contributed by atoms with Crippen LogP contribution >= 0.6 is 23.2 Å². The first-order valence-electron chi connectivity index (χ1n) is 3.68. The Morgan fingerprint density at radius 1 is 1.46 bits per heavy atom. The van der Waals surface area contributed by atoms with Crippen molar-refractivity contribution in [1.29, 1.82) is 0 Å². The third-order valence-electron chi connectivity index (χ3n) is 1.33. The van der Waals surface area contributed by atoms with Gasteiger partial charge in [-0.3, -0.25) is 0 Å². The van der Waals surface area contributed by atoms with Crippen molar-refractivity contribution in [2.24, 2.45) is 0 Å². The number of halogens is 2. The Balaban J connectivity index is 2.67. The quantitative estimate of drug-likeness (QED) is 0.848. The summed E-state index contributed by atoms with van der Waals surface area (Å²) in [5.74, 6) is 0.494. The Bertz CT molecular complexity index is 287. The van der Waals surface area contributed by atoms with Crippen molar-refractivity contribution in [3.05, 3.63) is 35.2 Å². The maximum Gasteiger partial charge on any atom is 0.138 e. The molecule has 13 heavy (non-hydrogen) atoms. The highest BCUT2D eigenvalue weighted by molar-refractivity contribution is 6.35. The van der Waals surface area contributed by atoms with E-state index in [2.05, 4.69) is 6.92 Å². The second-order valence-corrected chi connectivity index (χ2v) is 3.38. The monoisotopic (exact) mass is 219 g/mol. The summed E-state index contributed by atoms with van der Waals surface area (Å²) < 4.78 is 5.15. The van der Waals surface area contributed by atoms with Gasteiger partial charge in [-0.05, 0) is 25.1 Å². The van der Waals surface area contributed by atoms with Gasteiger partial charge >= 0.3 is 0 Å². The highest BCUT2D eigenvalue weighted by Crippen LogP contribution is 2.27. The normalized spacial score (nSPS) is 12.6. The van der Waals surface area contributed by atoms with Crippen LogP contribution in [0.5, 0.6) is 5.75 Å². The summed E-state index contributed by atoms with van der Waals surface area (Å²) in [5.41, 5.74) is 0. The molecule has 1 N–H and O–H groups in total. The Labute approximate surface area is 87.0 Å². The molecule has 4 heteroatoms. The van der Waals surface area contributed by atoms with Crippen molar-refractivity contribution in [2.45, 2.75) is 6.10 Å². The summed E-state index contributed by atoms with van der Waals surface area (Å²) in [7, 11) is 0. The third kappa shape index (κ3) is 3.43. The number of aliphatic hydroxyl groups is 1. The van der Waals surface area contributed by atoms with Gasteiger partial charge in [-0.25, -0.2) is 0 Å². The van der Waals surface area contributed by atoms with Crippen LogP contribution in [0, 0.1) is 6.92 Å². The van der Waals surface area contributed by atoms with Crippen LogP contribution in [0.4, 0.5) is 0 Å². The van der Waals surface area contributed by atoms with Crippen LogP contribution in [-0.4, -0.2) is 17.8 Å². The third-order valence-corrected chi connectivity index (χ3v) is 1.86. The molecule has 1 aromatic carbocycles. The van der Waals surface area contributed by atoms with Crippen LogP contribution in [-0.2, 0) is 0 Å². The van der Waals surface area contributed by atoms with E-state index >= 15 is 0 Å². The van der Waals surface area contributed by atoms with E-state index in [1.165, 1.54) is 0 Å². The molecule has 0 aromatic heterocycles. The molecule has 0 amide bonds. The van der Waals surface area contributed by atoms with E-state index < -0.39 is 6.10 Å². The number of hydrogen-bond donors (Lipinski definition) is 1. The molecule has 0 heterocycles. The van der Waals surface area contributed by atoms with Gasteiger partial charge < -0.3 is 9.84 Å². The molecule has 2 nitrogen and oxygen atoms in total.